The number of hydrogen-bond acceptors (Lipinski definition) is 7. The first-order valence-corrected chi connectivity index (χ1v) is 11.5. The van der Waals surface area contributed by atoms with Crippen molar-refractivity contribution in [1.29, 1.82) is 0 Å². The number of aryl methyl sites for hydroxylation is 2. The average molecular weight is 397 g/mol. The van der Waals surface area contributed by atoms with Crippen molar-refractivity contribution in [3.63, 3.8) is 0 Å². The summed E-state index contributed by atoms with van der Waals surface area (Å²) >= 11 is 1.78. The smallest absolute Gasteiger partial charge is 0.214 e. The predicted molar refractivity (Wildman–Crippen MR) is 104 cm³/mol. The molecular weight excluding hydrogens is 372 g/mol. The molecule has 1 fully saturated rings. The third-order valence-corrected chi connectivity index (χ3v) is 8.32. The Balaban J connectivity index is 1.50. The van der Waals surface area contributed by atoms with Gasteiger partial charge in [0.05, 0.1) is 11.1 Å². The minimum absolute atomic E-state index is 0.149. The Morgan fingerprint density at radius 1 is 1.19 bits per heavy atom. The van der Waals surface area contributed by atoms with Crippen molar-refractivity contribution in [1.82, 2.24) is 14.3 Å². The summed E-state index contributed by atoms with van der Waals surface area (Å²) in [6.07, 6.45) is 5.62. The first kappa shape index (κ1) is 18.1. The number of nitrogens with zero attached hydrogens (tertiary/aromatic N) is 4. The molecule has 0 spiro atoms. The molecule has 2 aromatic rings. The van der Waals surface area contributed by atoms with Gasteiger partial charge in [-0.1, -0.05) is 0 Å². The van der Waals surface area contributed by atoms with Crippen LogP contribution >= 0.6 is 11.3 Å². The first-order chi connectivity index (χ1) is 12.6. The Bertz CT molecular complexity index is 889. The summed E-state index contributed by atoms with van der Waals surface area (Å²) in [6.45, 7) is 2.82. The van der Waals surface area contributed by atoms with E-state index in [1.54, 1.807) is 29.1 Å². The van der Waals surface area contributed by atoms with Gasteiger partial charge in [0.1, 0.15) is 17.0 Å². The summed E-state index contributed by atoms with van der Waals surface area (Å²) in [7, 11) is -1.61. The van der Waals surface area contributed by atoms with E-state index in [9.17, 15) is 8.42 Å². The van der Waals surface area contributed by atoms with Gasteiger partial charge in [0, 0.05) is 44.8 Å². The van der Waals surface area contributed by atoms with Crippen LogP contribution in [0, 0.1) is 0 Å². The SMILES string of the molecule is COCCCS(=O)(=O)N1CCN(c2ncnc3sc4c(c23)CCC4)CC1. The maximum atomic E-state index is 12.5. The van der Waals surface area contributed by atoms with Crippen molar-refractivity contribution in [3.05, 3.63) is 16.8 Å². The Labute approximate surface area is 158 Å². The standard InChI is InChI=1S/C17H24N4O3S2/c1-24-10-3-11-26(22,23)21-8-6-20(7-9-21)16-15-13-4-2-5-14(13)25-17(15)19-12-18-16/h12H,2-11H2,1H3. The molecule has 0 radical (unpaired) electrons. The highest BCUT2D eigenvalue weighted by Crippen LogP contribution is 2.40. The number of rotatable bonds is 6. The third kappa shape index (κ3) is 3.33. The highest BCUT2D eigenvalue weighted by atomic mass is 32.2. The van der Waals surface area contributed by atoms with Gasteiger partial charge in [0.2, 0.25) is 10.0 Å². The summed E-state index contributed by atoms with van der Waals surface area (Å²) in [6, 6.07) is 0. The Morgan fingerprint density at radius 2 is 2.00 bits per heavy atom. The molecule has 0 atom stereocenters. The molecule has 0 bridgehead atoms. The van der Waals surface area contributed by atoms with E-state index >= 15 is 0 Å². The molecule has 0 amide bonds. The van der Waals surface area contributed by atoms with Gasteiger partial charge < -0.3 is 9.64 Å². The summed E-state index contributed by atoms with van der Waals surface area (Å²) < 4.78 is 31.5. The van der Waals surface area contributed by atoms with Crippen molar-refractivity contribution >= 4 is 37.4 Å². The lowest BCUT2D eigenvalue weighted by Crippen LogP contribution is -2.49. The maximum Gasteiger partial charge on any atom is 0.214 e. The second kappa shape index (κ2) is 7.38. The number of anilines is 1. The molecule has 142 valence electrons. The molecular formula is C17H24N4O3S2. The van der Waals surface area contributed by atoms with Crippen molar-refractivity contribution in [2.45, 2.75) is 25.7 Å². The van der Waals surface area contributed by atoms with Crippen LogP contribution in [-0.4, -0.2) is 68.3 Å². The minimum atomic E-state index is -3.21. The average Bonchev–Trinajstić information content (AvgIpc) is 3.22. The van der Waals surface area contributed by atoms with Crippen LogP contribution in [0.5, 0.6) is 0 Å². The van der Waals surface area contributed by atoms with Crippen LogP contribution in [-0.2, 0) is 27.6 Å². The van der Waals surface area contributed by atoms with E-state index in [1.165, 1.54) is 22.2 Å². The summed E-state index contributed by atoms with van der Waals surface area (Å²) in [5.41, 5.74) is 1.41. The lowest BCUT2D eigenvalue weighted by molar-refractivity contribution is 0.199. The van der Waals surface area contributed by atoms with Gasteiger partial charge in [0.25, 0.3) is 0 Å². The summed E-state index contributed by atoms with van der Waals surface area (Å²) in [5.74, 6) is 1.13. The third-order valence-electron chi connectivity index (χ3n) is 5.16. The monoisotopic (exact) mass is 396 g/mol. The van der Waals surface area contributed by atoms with Gasteiger partial charge in [-0.05, 0) is 31.2 Å². The predicted octanol–water partition coefficient (Wildman–Crippen LogP) is 1.67. The quantitative estimate of drug-likeness (QED) is 0.692. The van der Waals surface area contributed by atoms with Crippen LogP contribution in [0.25, 0.3) is 10.2 Å². The van der Waals surface area contributed by atoms with E-state index in [0.29, 0.717) is 39.2 Å². The summed E-state index contributed by atoms with van der Waals surface area (Å²) in [5, 5.41) is 1.20. The zero-order valence-corrected chi connectivity index (χ0v) is 16.6. The number of ether oxygens (including phenoxy) is 1. The zero-order valence-electron chi connectivity index (χ0n) is 15.0. The number of piperazine rings is 1. The second-order valence-electron chi connectivity index (χ2n) is 6.78. The molecule has 0 unspecified atom stereocenters. The highest BCUT2D eigenvalue weighted by molar-refractivity contribution is 7.89. The van der Waals surface area contributed by atoms with E-state index in [1.807, 2.05) is 0 Å². The molecule has 0 aromatic carbocycles. The minimum Gasteiger partial charge on any atom is -0.385 e. The van der Waals surface area contributed by atoms with Gasteiger partial charge in [-0.3, -0.25) is 0 Å². The Hall–Kier alpha value is -1.29. The fraction of sp³-hybridized carbons (Fsp3) is 0.647. The van der Waals surface area contributed by atoms with Crippen molar-refractivity contribution in [2.24, 2.45) is 0 Å². The van der Waals surface area contributed by atoms with Gasteiger partial charge in [-0.15, -0.1) is 11.3 Å². The van der Waals surface area contributed by atoms with E-state index < -0.39 is 10.0 Å². The van der Waals surface area contributed by atoms with Gasteiger partial charge >= 0.3 is 0 Å². The molecule has 1 aliphatic heterocycles. The molecule has 7 nitrogen and oxygen atoms in total. The molecule has 3 heterocycles. The zero-order chi connectivity index (χ0) is 18.1. The number of sulfonamides is 1. The van der Waals surface area contributed by atoms with Crippen LogP contribution in [0.4, 0.5) is 5.82 Å². The van der Waals surface area contributed by atoms with Crippen molar-refractivity contribution in [3.8, 4) is 0 Å². The van der Waals surface area contributed by atoms with Gasteiger partial charge in [-0.25, -0.2) is 18.4 Å². The fourth-order valence-corrected chi connectivity index (χ4v) is 6.53. The molecule has 0 N–H and O–H groups in total. The maximum absolute atomic E-state index is 12.5. The van der Waals surface area contributed by atoms with Crippen LogP contribution < -0.4 is 4.90 Å². The molecule has 1 saturated heterocycles. The molecule has 26 heavy (non-hydrogen) atoms. The second-order valence-corrected chi connectivity index (χ2v) is 9.96. The van der Waals surface area contributed by atoms with Crippen LogP contribution in [0.15, 0.2) is 6.33 Å². The van der Waals surface area contributed by atoms with Crippen molar-refractivity contribution in [2.75, 3.05) is 50.5 Å². The number of methoxy groups -OCH3 is 1. The number of hydrogen-bond donors (Lipinski definition) is 0. The van der Waals surface area contributed by atoms with E-state index in [4.69, 9.17) is 4.74 Å². The number of aromatic nitrogens is 2. The van der Waals surface area contributed by atoms with Crippen molar-refractivity contribution < 1.29 is 13.2 Å². The molecule has 9 heteroatoms. The molecule has 2 aliphatic rings. The number of fused-ring (bicyclic) bond motifs is 3. The molecule has 4 rings (SSSR count). The van der Waals surface area contributed by atoms with Crippen LogP contribution in [0.1, 0.15) is 23.3 Å². The van der Waals surface area contributed by atoms with Gasteiger partial charge in [-0.2, -0.15) is 4.31 Å². The van der Waals surface area contributed by atoms with Gasteiger partial charge in [0.15, 0.2) is 0 Å². The summed E-state index contributed by atoms with van der Waals surface area (Å²) in [4.78, 5) is 13.8. The molecule has 0 saturated carbocycles. The Kier molecular flexibility index (Phi) is 5.13. The topological polar surface area (TPSA) is 75.6 Å². The lowest BCUT2D eigenvalue weighted by atomic mass is 10.1. The largest absolute Gasteiger partial charge is 0.385 e. The van der Waals surface area contributed by atoms with E-state index in [0.717, 1.165) is 23.5 Å². The lowest BCUT2D eigenvalue weighted by Gasteiger charge is -2.35. The van der Waals surface area contributed by atoms with Crippen LogP contribution in [0.3, 0.4) is 0 Å². The van der Waals surface area contributed by atoms with Crippen LogP contribution in [0.2, 0.25) is 0 Å². The van der Waals surface area contributed by atoms with E-state index in [2.05, 4.69) is 14.9 Å². The normalized spacial score (nSPS) is 18.6. The number of thiophene rings is 1. The first-order valence-electron chi connectivity index (χ1n) is 9.07. The molecule has 2 aromatic heterocycles. The highest BCUT2D eigenvalue weighted by Gasteiger charge is 2.29. The fourth-order valence-electron chi connectivity index (χ4n) is 3.84. The Morgan fingerprint density at radius 3 is 2.77 bits per heavy atom. The molecule has 1 aliphatic carbocycles. The van der Waals surface area contributed by atoms with E-state index in [-0.39, 0.29) is 5.75 Å².